The number of rotatable bonds is 9. The lowest BCUT2D eigenvalue weighted by Gasteiger charge is -2.25. The van der Waals surface area contributed by atoms with Gasteiger partial charge in [-0.05, 0) is 31.4 Å². The number of benzene rings is 2. The Hall–Kier alpha value is -2.54. The molecule has 0 atom stereocenters. The SMILES string of the molecule is CCN(Cc1cccc2c1OCCO2)C(=O)CS(=O)(=O)CCCc1ccccc1. The standard InChI is InChI=1S/C22H27NO5S/c1-2-23(16-19-11-6-12-20-22(19)28-14-13-27-20)21(24)17-29(25,26)15-7-10-18-8-4-3-5-9-18/h3-6,8-9,11-12H,2,7,10,13-17H2,1H3. The molecular formula is C22H27NO5S. The summed E-state index contributed by atoms with van der Waals surface area (Å²) in [6.45, 7) is 3.50. The third kappa shape index (κ3) is 5.97. The first-order chi connectivity index (χ1) is 14.0. The van der Waals surface area contributed by atoms with E-state index in [4.69, 9.17) is 9.47 Å². The van der Waals surface area contributed by atoms with Gasteiger partial charge in [0.15, 0.2) is 21.3 Å². The van der Waals surface area contributed by atoms with E-state index in [1.165, 1.54) is 0 Å². The van der Waals surface area contributed by atoms with Crippen molar-refractivity contribution in [2.45, 2.75) is 26.3 Å². The molecule has 0 aromatic heterocycles. The summed E-state index contributed by atoms with van der Waals surface area (Å²) in [7, 11) is -3.46. The lowest BCUT2D eigenvalue weighted by atomic mass is 10.1. The maximum Gasteiger partial charge on any atom is 0.238 e. The Labute approximate surface area is 172 Å². The van der Waals surface area contributed by atoms with Crippen LogP contribution < -0.4 is 9.47 Å². The smallest absolute Gasteiger partial charge is 0.238 e. The summed E-state index contributed by atoms with van der Waals surface area (Å²) in [5, 5.41) is 0. The average Bonchev–Trinajstić information content (AvgIpc) is 2.72. The van der Waals surface area contributed by atoms with E-state index in [1.54, 1.807) is 4.90 Å². The van der Waals surface area contributed by atoms with Crippen molar-refractivity contribution in [2.24, 2.45) is 0 Å². The van der Waals surface area contributed by atoms with Crippen molar-refractivity contribution in [1.29, 1.82) is 0 Å². The maximum absolute atomic E-state index is 12.7. The Kier molecular flexibility index (Phi) is 7.14. The highest BCUT2D eigenvalue weighted by atomic mass is 32.2. The summed E-state index contributed by atoms with van der Waals surface area (Å²) >= 11 is 0. The summed E-state index contributed by atoms with van der Waals surface area (Å²) in [5.41, 5.74) is 1.92. The van der Waals surface area contributed by atoms with Crippen molar-refractivity contribution in [3.63, 3.8) is 0 Å². The molecule has 0 spiro atoms. The molecule has 1 amide bonds. The second-order valence-corrected chi connectivity index (χ2v) is 9.21. The minimum atomic E-state index is -3.46. The number of fused-ring (bicyclic) bond motifs is 1. The van der Waals surface area contributed by atoms with Crippen molar-refractivity contribution < 1.29 is 22.7 Å². The van der Waals surface area contributed by atoms with E-state index >= 15 is 0 Å². The zero-order valence-electron chi connectivity index (χ0n) is 16.7. The predicted molar refractivity (Wildman–Crippen MR) is 112 cm³/mol. The molecule has 2 aromatic carbocycles. The number of hydrogen-bond acceptors (Lipinski definition) is 5. The Morgan fingerprint density at radius 3 is 2.55 bits per heavy atom. The van der Waals surface area contributed by atoms with Gasteiger partial charge in [-0.1, -0.05) is 42.5 Å². The molecule has 0 N–H and O–H groups in total. The summed E-state index contributed by atoms with van der Waals surface area (Å²) in [6.07, 6.45) is 1.18. The molecule has 2 aromatic rings. The van der Waals surface area contributed by atoms with Gasteiger partial charge >= 0.3 is 0 Å². The molecule has 156 valence electrons. The topological polar surface area (TPSA) is 72.9 Å². The Morgan fingerprint density at radius 2 is 1.79 bits per heavy atom. The maximum atomic E-state index is 12.7. The highest BCUT2D eigenvalue weighted by molar-refractivity contribution is 7.92. The number of ether oxygens (including phenoxy) is 2. The van der Waals surface area contributed by atoms with Crippen molar-refractivity contribution in [3.8, 4) is 11.5 Å². The predicted octanol–water partition coefficient (Wildman–Crippen LogP) is 2.85. The first-order valence-corrected chi connectivity index (χ1v) is 11.7. The van der Waals surface area contributed by atoms with Gasteiger partial charge < -0.3 is 14.4 Å². The van der Waals surface area contributed by atoms with E-state index in [-0.39, 0.29) is 11.7 Å². The summed E-state index contributed by atoms with van der Waals surface area (Å²) in [5.74, 6) is 0.438. The van der Waals surface area contributed by atoms with Crippen LogP contribution in [0.1, 0.15) is 24.5 Å². The Morgan fingerprint density at radius 1 is 1.03 bits per heavy atom. The van der Waals surface area contributed by atoms with Gasteiger partial charge in [-0.15, -0.1) is 0 Å². The number of para-hydroxylation sites is 1. The number of hydrogen-bond donors (Lipinski definition) is 0. The first-order valence-electron chi connectivity index (χ1n) is 9.88. The molecule has 0 aliphatic carbocycles. The Bertz CT molecular complexity index is 927. The van der Waals surface area contributed by atoms with Crippen LogP contribution in [0.2, 0.25) is 0 Å². The normalized spacial score (nSPS) is 13.1. The van der Waals surface area contributed by atoms with Crippen LogP contribution in [-0.4, -0.2) is 50.5 Å². The van der Waals surface area contributed by atoms with E-state index in [0.29, 0.717) is 50.6 Å². The van der Waals surface area contributed by atoms with Crippen LogP contribution in [0.25, 0.3) is 0 Å². The molecule has 0 fully saturated rings. The van der Waals surface area contributed by atoms with E-state index in [2.05, 4.69) is 0 Å². The summed E-state index contributed by atoms with van der Waals surface area (Å²) in [4.78, 5) is 14.2. The molecule has 0 unspecified atom stereocenters. The molecule has 7 heteroatoms. The van der Waals surface area contributed by atoms with Gasteiger partial charge in [-0.2, -0.15) is 0 Å². The number of nitrogens with zero attached hydrogens (tertiary/aromatic N) is 1. The zero-order chi connectivity index (χ0) is 20.7. The summed E-state index contributed by atoms with van der Waals surface area (Å²) < 4.78 is 36.2. The lowest BCUT2D eigenvalue weighted by Crippen LogP contribution is -2.36. The minimum absolute atomic E-state index is 0.00285. The van der Waals surface area contributed by atoms with Gasteiger partial charge in [-0.25, -0.2) is 8.42 Å². The van der Waals surface area contributed by atoms with Crippen molar-refractivity contribution in [2.75, 3.05) is 31.3 Å². The van der Waals surface area contributed by atoms with Gasteiger partial charge in [0.05, 0.1) is 5.75 Å². The minimum Gasteiger partial charge on any atom is -0.486 e. The molecule has 0 bridgehead atoms. The van der Waals surface area contributed by atoms with Crippen molar-refractivity contribution >= 4 is 15.7 Å². The van der Waals surface area contributed by atoms with E-state index in [1.807, 2.05) is 55.5 Å². The van der Waals surface area contributed by atoms with Crippen LogP contribution in [0.5, 0.6) is 11.5 Å². The molecule has 1 aliphatic rings. The van der Waals surface area contributed by atoms with Gasteiger partial charge in [0.2, 0.25) is 5.91 Å². The van der Waals surface area contributed by atoms with E-state index in [9.17, 15) is 13.2 Å². The van der Waals surface area contributed by atoms with Crippen molar-refractivity contribution in [1.82, 2.24) is 4.90 Å². The van der Waals surface area contributed by atoms with Crippen LogP contribution >= 0.6 is 0 Å². The number of aryl methyl sites for hydroxylation is 1. The number of sulfone groups is 1. The second kappa shape index (κ2) is 9.78. The van der Waals surface area contributed by atoms with Gasteiger partial charge in [0.25, 0.3) is 0 Å². The molecule has 3 rings (SSSR count). The quantitative estimate of drug-likeness (QED) is 0.627. The van der Waals surface area contributed by atoms with Crippen LogP contribution in [-0.2, 0) is 27.6 Å². The number of carbonyl (C=O) groups is 1. The van der Waals surface area contributed by atoms with Crippen LogP contribution in [0.15, 0.2) is 48.5 Å². The van der Waals surface area contributed by atoms with Crippen molar-refractivity contribution in [3.05, 3.63) is 59.7 Å². The monoisotopic (exact) mass is 417 g/mol. The molecule has 0 radical (unpaired) electrons. The van der Waals surface area contributed by atoms with E-state index < -0.39 is 15.6 Å². The van der Waals surface area contributed by atoms with Gasteiger partial charge in [0.1, 0.15) is 19.0 Å². The largest absolute Gasteiger partial charge is 0.486 e. The summed E-state index contributed by atoms with van der Waals surface area (Å²) in [6, 6.07) is 15.3. The fraction of sp³-hybridized carbons (Fsp3) is 0.409. The third-order valence-corrected chi connectivity index (χ3v) is 6.45. The van der Waals surface area contributed by atoms with Crippen LogP contribution in [0, 0.1) is 0 Å². The van der Waals surface area contributed by atoms with Crippen LogP contribution in [0.4, 0.5) is 0 Å². The molecule has 6 nitrogen and oxygen atoms in total. The molecule has 0 saturated heterocycles. The number of amides is 1. The average molecular weight is 418 g/mol. The highest BCUT2D eigenvalue weighted by Crippen LogP contribution is 2.34. The zero-order valence-corrected chi connectivity index (χ0v) is 17.5. The number of carbonyl (C=O) groups excluding carboxylic acids is 1. The molecule has 1 heterocycles. The molecule has 1 aliphatic heterocycles. The second-order valence-electron chi connectivity index (χ2n) is 7.03. The third-order valence-electron chi connectivity index (χ3n) is 4.85. The lowest BCUT2D eigenvalue weighted by molar-refractivity contribution is -0.128. The highest BCUT2D eigenvalue weighted by Gasteiger charge is 2.23. The van der Waals surface area contributed by atoms with E-state index in [0.717, 1.165) is 11.1 Å². The fourth-order valence-electron chi connectivity index (χ4n) is 3.33. The molecule has 0 saturated carbocycles. The van der Waals surface area contributed by atoms with Gasteiger partial charge in [-0.3, -0.25) is 4.79 Å². The van der Waals surface area contributed by atoms with Crippen LogP contribution in [0.3, 0.4) is 0 Å². The molecular weight excluding hydrogens is 390 g/mol. The first kappa shape index (κ1) is 21.2. The molecule has 29 heavy (non-hydrogen) atoms. The fourth-order valence-corrected chi connectivity index (χ4v) is 4.62. The van der Waals surface area contributed by atoms with Gasteiger partial charge in [0, 0.05) is 18.7 Å². The Balaban J connectivity index is 1.58.